The number of likely N-dealkylation sites (tertiary alicyclic amines) is 1. The van der Waals surface area contributed by atoms with Crippen molar-refractivity contribution in [2.75, 3.05) is 6.54 Å². The largest absolute Gasteiger partial charge is 0.337 e. The van der Waals surface area contributed by atoms with Gasteiger partial charge in [-0.15, -0.1) is 0 Å². The van der Waals surface area contributed by atoms with Crippen LogP contribution in [0.3, 0.4) is 0 Å². The Labute approximate surface area is 94.0 Å². The second kappa shape index (κ2) is 4.22. The summed E-state index contributed by atoms with van der Waals surface area (Å²) in [4.78, 5) is 13.2. The highest BCUT2D eigenvalue weighted by atomic mass is 19.1. The Balaban J connectivity index is 2.10. The maximum atomic E-state index is 13.3. The number of hydrogen-bond acceptors (Lipinski definition) is 2. The van der Waals surface area contributed by atoms with Gasteiger partial charge in [0.2, 0.25) is 5.91 Å². The van der Waals surface area contributed by atoms with Gasteiger partial charge < -0.3 is 10.6 Å². The molecule has 1 atom stereocenters. The predicted molar refractivity (Wildman–Crippen MR) is 59.1 cm³/mol. The van der Waals surface area contributed by atoms with Crippen LogP contribution < -0.4 is 5.73 Å². The first kappa shape index (κ1) is 11.1. The van der Waals surface area contributed by atoms with E-state index in [1.54, 1.807) is 17.9 Å². The highest BCUT2D eigenvalue weighted by Gasteiger charge is 2.28. The normalized spacial score (nSPS) is 20.6. The molecular weight excluding hydrogens is 207 g/mol. The Morgan fingerprint density at radius 1 is 1.56 bits per heavy atom. The maximum absolute atomic E-state index is 13.3. The Morgan fingerprint density at radius 2 is 2.31 bits per heavy atom. The summed E-state index contributed by atoms with van der Waals surface area (Å²) in [6.45, 7) is 2.83. The Bertz CT molecular complexity index is 419. The monoisotopic (exact) mass is 222 g/mol. The molecule has 0 saturated carbocycles. The molecule has 1 saturated heterocycles. The topological polar surface area (TPSA) is 46.3 Å². The molecule has 0 radical (unpaired) electrons. The molecule has 0 bridgehead atoms. The minimum Gasteiger partial charge on any atom is -0.337 e. The van der Waals surface area contributed by atoms with Crippen molar-refractivity contribution < 1.29 is 9.18 Å². The van der Waals surface area contributed by atoms with Crippen molar-refractivity contribution in [1.29, 1.82) is 0 Å². The number of aryl methyl sites for hydroxylation is 1. The molecule has 0 aliphatic carbocycles. The summed E-state index contributed by atoms with van der Waals surface area (Å²) in [6, 6.07) is 4.67. The number of halogens is 1. The molecule has 1 aliphatic heterocycles. The van der Waals surface area contributed by atoms with Gasteiger partial charge in [0.1, 0.15) is 5.82 Å². The second-order valence-corrected chi connectivity index (χ2v) is 4.24. The van der Waals surface area contributed by atoms with Crippen molar-refractivity contribution in [3.05, 3.63) is 35.1 Å². The molecule has 1 aromatic rings. The lowest BCUT2D eigenvalue weighted by Gasteiger charge is -2.16. The number of carbonyl (C=O) groups is 1. The molecule has 0 aromatic heterocycles. The van der Waals surface area contributed by atoms with Crippen LogP contribution in [0, 0.1) is 12.7 Å². The zero-order valence-electron chi connectivity index (χ0n) is 9.24. The number of carbonyl (C=O) groups excluding carboxylic acids is 1. The standard InChI is InChI=1S/C12H15FN2O/c1-8-2-3-9(6-10(8)13)7-15-5-4-11(14)12(15)16/h2-3,6,11H,4-5,7,14H2,1H3. The van der Waals surface area contributed by atoms with Gasteiger partial charge in [0.15, 0.2) is 0 Å². The summed E-state index contributed by atoms with van der Waals surface area (Å²) in [6.07, 6.45) is 0.688. The number of rotatable bonds is 2. The SMILES string of the molecule is Cc1ccc(CN2CCC(N)C2=O)cc1F. The molecule has 4 heteroatoms. The van der Waals surface area contributed by atoms with Crippen LogP contribution in [0.25, 0.3) is 0 Å². The van der Waals surface area contributed by atoms with Gasteiger partial charge in [0.25, 0.3) is 0 Å². The van der Waals surface area contributed by atoms with Gasteiger partial charge in [-0.1, -0.05) is 12.1 Å². The van der Waals surface area contributed by atoms with Crippen molar-refractivity contribution in [2.24, 2.45) is 5.73 Å². The highest BCUT2D eigenvalue weighted by molar-refractivity contribution is 5.83. The number of hydrogen-bond donors (Lipinski definition) is 1. The van der Waals surface area contributed by atoms with E-state index >= 15 is 0 Å². The van der Waals surface area contributed by atoms with Gasteiger partial charge in [0, 0.05) is 13.1 Å². The predicted octanol–water partition coefficient (Wildman–Crippen LogP) is 1.19. The van der Waals surface area contributed by atoms with E-state index in [2.05, 4.69) is 0 Å². The quantitative estimate of drug-likeness (QED) is 0.817. The minimum absolute atomic E-state index is 0.0408. The lowest BCUT2D eigenvalue weighted by molar-refractivity contribution is -0.129. The van der Waals surface area contributed by atoms with Crippen LogP contribution in [0.5, 0.6) is 0 Å². The fourth-order valence-corrected chi connectivity index (χ4v) is 1.88. The Kier molecular flexibility index (Phi) is 2.92. The Hall–Kier alpha value is -1.42. The van der Waals surface area contributed by atoms with E-state index in [1.165, 1.54) is 6.07 Å². The summed E-state index contributed by atoms with van der Waals surface area (Å²) in [7, 11) is 0. The number of nitrogens with zero attached hydrogens (tertiary/aromatic N) is 1. The smallest absolute Gasteiger partial charge is 0.239 e. The molecule has 86 valence electrons. The van der Waals surface area contributed by atoms with E-state index in [1.807, 2.05) is 6.07 Å². The maximum Gasteiger partial charge on any atom is 0.239 e. The highest BCUT2D eigenvalue weighted by Crippen LogP contribution is 2.15. The first-order valence-electron chi connectivity index (χ1n) is 5.37. The number of nitrogens with two attached hydrogens (primary N) is 1. The molecule has 1 unspecified atom stereocenters. The summed E-state index contributed by atoms with van der Waals surface area (Å²) in [5.74, 6) is -0.269. The van der Waals surface area contributed by atoms with Gasteiger partial charge in [-0.05, 0) is 30.5 Å². The molecule has 2 N–H and O–H groups in total. The molecular formula is C12H15FN2O. The van der Waals surface area contributed by atoms with Crippen LogP contribution >= 0.6 is 0 Å². The van der Waals surface area contributed by atoms with Crippen LogP contribution in [-0.2, 0) is 11.3 Å². The van der Waals surface area contributed by atoms with Crippen molar-refractivity contribution in [2.45, 2.75) is 25.9 Å². The molecule has 16 heavy (non-hydrogen) atoms. The van der Waals surface area contributed by atoms with Gasteiger partial charge >= 0.3 is 0 Å². The van der Waals surface area contributed by atoms with Crippen LogP contribution in [-0.4, -0.2) is 23.4 Å². The molecule has 1 aliphatic rings. The van der Waals surface area contributed by atoms with E-state index in [-0.39, 0.29) is 17.8 Å². The third kappa shape index (κ3) is 2.07. The van der Waals surface area contributed by atoms with Crippen LogP contribution in [0.2, 0.25) is 0 Å². The third-order valence-corrected chi connectivity index (χ3v) is 2.95. The van der Waals surface area contributed by atoms with E-state index in [9.17, 15) is 9.18 Å². The summed E-state index contributed by atoms with van der Waals surface area (Å²) < 4.78 is 13.3. The van der Waals surface area contributed by atoms with Crippen LogP contribution in [0.1, 0.15) is 17.5 Å². The fraction of sp³-hybridized carbons (Fsp3) is 0.417. The average molecular weight is 222 g/mol. The third-order valence-electron chi connectivity index (χ3n) is 2.95. The summed E-state index contributed by atoms with van der Waals surface area (Å²) in [5, 5.41) is 0. The van der Waals surface area contributed by atoms with Gasteiger partial charge in [0.05, 0.1) is 6.04 Å². The molecule has 1 fully saturated rings. The van der Waals surface area contributed by atoms with Gasteiger partial charge in [-0.3, -0.25) is 4.79 Å². The molecule has 2 rings (SSSR count). The van der Waals surface area contributed by atoms with Crippen molar-refractivity contribution in [3.8, 4) is 0 Å². The van der Waals surface area contributed by atoms with Crippen molar-refractivity contribution in [3.63, 3.8) is 0 Å². The molecule has 3 nitrogen and oxygen atoms in total. The first-order valence-corrected chi connectivity index (χ1v) is 5.37. The fourth-order valence-electron chi connectivity index (χ4n) is 1.88. The van der Waals surface area contributed by atoms with Gasteiger partial charge in [-0.2, -0.15) is 0 Å². The molecule has 1 aromatic carbocycles. The van der Waals surface area contributed by atoms with E-state index in [0.717, 1.165) is 5.56 Å². The van der Waals surface area contributed by atoms with Crippen LogP contribution in [0.15, 0.2) is 18.2 Å². The first-order chi connectivity index (χ1) is 7.58. The zero-order chi connectivity index (χ0) is 11.7. The van der Waals surface area contributed by atoms with Crippen LogP contribution in [0.4, 0.5) is 4.39 Å². The van der Waals surface area contributed by atoms with E-state index in [4.69, 9.17) is 5.73 Å². The lowest BCUT2D eigenvalue weighted by Crippen LogP contribution is -2.33. The number of amides is 1. The van der Waals surface area contributed by atoms with Crippen molar-refractivity contribution >= 4 is 5.91 Å². The summed E-state index contributed by atoms with van der Waals surface area (Å²) >= 11 is 0. The van der Waals surface area contributed by atoms with E-state index < -0.39 is 0 Å². The van der Waals surface area contributed by atoms with E-state index in [0.29, 0.717) is 25.1 Å². The zero-order valence-corrected chi connectivity index (χ0v) is 9.24. The second-order valence-electron chi connectivity index (χ2n) is 4.24. The number of benzene rings is 1. The molecule has 1 heterocycles. The summed E-state index contributed by atoms with van der Waals surface area (Å²) in [5.41, 5.74) is 7.04. The Morgan fingerprint density at radius 3 is 2.88 bits per heavy atom. The van der Waals surface area contributed by atoms with Gasteiger partial charge in [-0.25, -0.2) is 4.39 Å². The average Bonchev–Trinajstić information content (AvgIpc) is 2.55. The lowest BCUT2D eigenvalue weighted by atomic mass is 10.1. The van der Waals surface area contributed by atoms with Crippen molar-refractivity contribution in [1.82, 2.24) is 4.90 Å². The molecule has 0 spiro atoms. The molecule has 1 amide bonds. The minimum atomic E-state index is -0.379.